The summed E-state index contributed by atoms with van der Waals surface area (Å²) in [4.78, 5) is 14.2. The second kappa shape index (κ2) is 9.58. The summed E-state index contributed by atoms with van der Waals surface area (Å²) >= 11 is 0. The Kier molecular flexibility index (Phi) is 7.33. The molecule has 3 heterocycles. The van der Waals surface area contributed by atoms with Gasteiger partial charge in [-0.2, -0.15) is 0 Å². The summed E-state index contributed by atoms with van der Waals surface area (Å²) in [5, 5.41) is 0. The zero-order valence-corrected chi connectivity index (χ0v) is 22.5. The highest BCUT2D eigenvalue weighted by molar-refractivity contribution is 5.32. The molecule has 4 heteroatoms. The van der Waals surface area contributed by atoms with Crippen molar-refractivity contribution in [1.29, 1.82) is 0 Å². The van der Waals surface area contributed by atoms with Crippen LogP contribution in [-0.2, 0) is 22.7 Å². The fourth-order valence-corrected chi connectivity index (χ4v) is 4.12. The Labute approximate surface area is 206 Å². The Balaban J connectivity index is 2.08. The van der Waals surface area contributed by atoms with E-state index in [1.165, 1.54) is 16.7 Å². The fraction of sp³-hybridized carbons (Fsp3) is 0.500. The number of pyridine rings is 3. The first-order valence-electron chi connectivity index (χ1n) is 12.3. The predicted molar refractivity (Wildman–Crippen MR) is 142 cm³/mol. The van der Waals surface area contributed by atoms with Gasteiger partial charge in [-0.3, -0.25) is 15.0 Å². The van der Waals surface area contributed by atoms with Crippen LogP contribution in [-0.4, -0.2) is 15.0 Å². The van der Waals surface area contributed by atoms with Crippen LogP contribution in [0.3, 0.4) is 0 Å². The molecule has 0 fully saturated rings. The maximum absolute atomic E-state index is 6.98. The first kappa shape index (κ1) is 26.0. The molecule has 0 aliphatic heterocycles. The molecule has 3 aromatic rings. The number of nitrogens with two attached hydrogens (primary N) is 1. The van der Waals surface area contributed by atoms with Gasteiger partial charge < -0.3 is 5.73 Å². The third-order valence-corrected chi connectivity index (χ3v) is 6.56. The standard InChI is InChI=1S/C30H42N4/c1-28(2,3)20-10-13-32-23(16-20)19-24(25-17-21(11-14-33-25)29(4,5)6)27(31)26-18-22(12-15-34-26)30(7,8)9/h10-18,24,27H,19,31H2,1-9H3. The van der Waals surface area contributed by atoms with Crippen molar-refractivity contribution in [2.24, 2.45) is 5.73 Å². The molecule has 2 atom stereocenters. The Morgan fingerprint density at radius 1 is 0.618 bits per heavy atom. The van der Waals surface area contributed by atoms with Gasteiger partial charge in [-0.15, -0.1) is 0 Å². The van der Waals surface area contributed by atoms with E-state index >= 15 is 0 Å². The predicted octanol–water partition coefficient (Wildman–Crippen LogP) is 6.79. The van der Waals surface area contributed by atoms with E-state index in [0.717, 1.165) is 17.1 Å². The Bertz CT molecular complexity index is 1110. The molecule has 3 aromatic heterocycles. The van der Waals surface area contributed by atoms with Gasteiger partial charge in [0, 0.05) is 35.9 Å². The lowest BCUT2D eigenvalue weighted by atomic mass is 9.81. The Morgan fingerprint density at radius 3 is 1.53 bits per heavy atom. The van der Waals surface area contributed by atoms with Crippen LogP contribution in [0.15, 0.2) is 55.0 Å². The third-order valence-electron chi connectivity index (χ3n) is 6.56. The van der Waals surface area contributed by atoms with E-state index in [4.69, 9.17) is 20.7 Å². The van der Waals surface area contributed by atoms with Crippen LogP contribution < -0.4 is 5.73 Å². The molecule has 0 bridgehead atoms. The molecule has 2 unspecified atom stereocenters. The van der Waals surface area contributed by atoms with Gasteiger partial charge in [0.25, 0.3) is 0 Å². The number of nitrogens with zero attached hydrogens (tertiary/aromatic N) is 3. The van der Waals surface area contributed by atoms with E-state index in [2.05, 4.69) is 98.7 Å². The molecule has 3 rings (SSSR count). The van der Waals surface area contributed by atoms with Crippen molar-refractivity contribution in [3.63, 3.8) is 0 Å². The largest absolute Gasteiger partial charge is 0.322 e. The van der Waals surface area contributed by atoms with E-state index in [0.29, 0.717) is 6.42 Å². The van der Waals surface area contributed by atoms with Crippen molar-refractivity contribution in [2.45, 2.75) is 96.9 Å². The van der Waals surface area contributed by atoms with Crippen LogP contribution in [0.4, 0.5) is 0 Å². The molecule has 2 N–H and O–H groups in total. The Hall–Kier alpha value is -2.59. The van der Waals surface area contributed by atoms with Crippen molar-refractivity contribution in [1.82, 2.24) is 15.0 Å². The molecule has 0 saturated heterocycles. The van der Waals surface area contributed by atoms with Gasteiger partial charge in [-0.05, 0) is 75.8 Å². The van der Waals surface area contributed by atoms with Gasteiger partial charge in [0.15, 0.2) is 0 Å². The van der Waals surface area contributed by atoms with Crippen molar-refractivity contribution < 1.29 is 0 Å². The molecular formula is C30H42N4. The molecule has 182 valence electrons. The summed E-state index contributed by atoms with van der Waals surface area (Å²) in [7, 11) is 0. The maximum Gasteiger partial charge on any atom is 0.0580 e. The van der Waals surface area contributed by atoms with E-state index < -0.39 is 0 Å². The number of aromatic nitrogens is 3. The van der Waals surface area contributed by atoms with Crippen molar-refractivity contribution in [2.75, 3.05) is 0 Å². The van der Waals surface area contributed by atoms with Gasteiger partial charge in [-0.25, -0.2) is 0 Å². The highest BCUT2D eigenvalue weighted by Gasteiger charge is 2.28. The first-order valence-corrected chi connectivity index (χ1v) is 12.3. The highest BCUT2D eigenvalue weighted by atomic mass is 14.8. The number of rotatable bonds is 5. The van der Waals surface area contributed by atoms with Gasteiger partial charge in [0.05, 0.1) is 11.7 Å². The average Bonchev–Trinajstić information content (AvgIpc) is 2.76. The topological polar surface area (TPSA) is 64.7 Å². The van der Waals surface area contributed by atoms with Crippen LogP contribution in [0, 0.1) is 0 Å². The monoisotopic (exact) mass is 458 g/mol. The lowest BCUT2D eigenvalue weighted by molar-refractivity contribution is 0.512. The quantitative estimate of drug-likeness (QED) is 0.457. The highest BCUT2D eigenvalue weighted by Crippen LogP contribution is 2.34. The zero-order chi connectivity index (χ0) is 25.3. The molecule has 0 aliphatic rings. The second-order valence-electron chi connectivity index (χ2n) is 12.6. The van der Waals surface area contributed by atoms with E-state index in [1.807, 2.05) is 18.6 Å². The lowest BCUT2D eigenvalue weighted by Crippen LogP contribution is -2.25. The minimum absolute atomic E-state index is 0.0277. The van der Waals surface area contributed by atoms with Crippen LogP contribution in [0.25, 0.3) is 0 Å². The zero-order valence-electron chi connectivity index (χ0n) is 22.5. The van der Waals surface area contributed by atoms with E-state index in [1.54, 1.807) is 0 Å². The number of hydrogen-bond acceptors (Lipinski definition) is 4. The molecule has 0 aromatic carbocycles. The second-order valence-corrected chi connectivity index (χ2v) is 12.6. The molecule has 34 heavy (non-hydrogen) atoms. The van der Waals surface area contributed by atoms with Gasteiger partial charge in [0.2, 0.25) is 0 Å². The SMILES string of the molecule is CC(C)(C)c1ccnc(CC(c2cc(C(C)(C)C)ccn2)C(N)c2cc(C(C)(C)C)ccn2)c1. The van der Waals surface area contributed by atoms with Crippen LogP contribution in [0.5, 0.6) is 0 Å². The normalized spacial score (nSPS) is 14.6. The van der Waals surface area contributed by atoms with Crippen molar-refractivity contribution in [3.8, 4) is 0 Å². The van der Waals surface area contributed by atoms with Crippen LogP contribution >= 0.6 is 0 Å². The summed E-state index contributed by atoms with van der Waals surface area (Å²) in [6, 6.07) is 12.6. The minimum Gasteiger partial charge on any atom is -0.322 e. The van der Waals surface area contributed by atoms with Crippen LogP contribution in [0.1, 0.15) is 108 Å². The first-order chi connectivity index (χ1) is 15.7. The summed E-state index contributed by atoms with van der Waals surface area (Å²) in [5.41, 5.74) is 13.8. The molecule has 0 spiro atoms. The van der Waals surface area contributed by atoms with Gasteiger partial charge in [0.1, 0.15) is 0 Å². The smallest absolute Gasteiger partial charge is 0.0580 e. The summed E-state index contributed by atoms with van der Waals surface area (Å²) in [6.07, 6.45) is 6.40. The molecular weight excluding hydrogens is 416 g/mol. The molecule has 0 amide bonds. The third kappa shape index (κ3) is 6.29. The molecule has 0 saturated carbocycles. The van der Waals surface area contributed by atoms with E-state index in [-0.39, 0.29) is 28.2 Å². The van der Waals surface area contributed by atoms with Crippen LogP contribution in [0.2, 0.25) is 0 Å². The van der Waals surface area contributed by atoms with Gasteiger partial charge >= 0.3 is 0 Å². The summed E-state index contributed by atoms with van der Waals surface area (Å²) in [5.74, 6) is -0.0484. The van der Waals surface area contributed by atoms with Crippen molar-refractivity contribution >= 4 is 0 Å². The lowest BCUT2D eigenvalue weighted by Gasteiger charge is -2.27. The minimum atomic E-state index is -0.301. The molecule has 4 nitrogen and oxygen atoms in total. The van der Waals surface area contributed by atoms with Crippen molar-refractivity contribution in [3.05, 3.63) is 88.8 Å². The van der Waals surface area contributed by atoms with E-state index in [9.17, 15) is 0 Å². The maximum atomic E-state index is 6.98. The molecule has 0 radical (unpaired) electrons. The summed E-state index contributed by atoms with van der Waals surface area (Å²) < 4.78 is 0. The fourth-order valence-electron chi connectivity index (χ4n) is 4.12. The summed E-state index contributed by atoms with van der Waals surface area (Å²) in [6.45, 7) is 20.0. The average molecular weight is 459 g/mol. The number of hydrogen-bond donors (Lipinski definition) is 1. The Morgan fingerprint density at radius 2 is 1.03 bits per heavy atom. The molecule has 0 aliphatic carbocycles. The van der Waals surface area contributed by atoms with Gasteiger partial charge in [-0.1, -0.05) is 62.3 Å².